The summed E-state index contributed by atoms with van der Waals surface area (Å²) in [6.07, 6.45) is 7.95. The predicted octanol–water partition coefficient (Wildman–Crippen LogP) is 1.62. The third-order valence-corrected chi connectivity index (χ3v) is 3.49. The first-order valence-corrected chi connectivity index (χ1v) is 6.81. The van der Waals surface area contributed by atoms with Gasteiger partial charge in [-0.25, -0.2) is 0 Å². The minimum atomic E-state index is -0.178. The molecule has 19 heavy (non-hydrogen) atoms. The van der Waals surface area contributed by atoms with Crippen molar-refractivity contribution in [1.29, 1.82) is 0 Å². The summed E-state index contributed by atoms with van der Waals surface area (Å²) in [6.45, 7) is 2.80. The quantitative estimate of drug-likeness (QED) is 0.804. The van der Waals surface area contributed by atoms with Gasteiger partial charge in [0.25, 0.3) is 0 Å². The number of carbonyl (C=O) groups excluding carboxylic acids is 1. The van der Waals surface area contributed by atoms with Gasteiger partial charge in [-0.2, -0.15) is 0 Å². The average molecular weight is 256 g/mol. The molecule has 0 aromatic heterocycles. The standard InChI is InChI=1S/C16H20N2O/c1-3-7-14(4-2)18-16(19)15-10-12-8-5-6-9-13(12)11-17-15/h2,5-6,8-9,14-15,17H,3,7,10-11H2,1H3,(H,18,19)/t14?,15-/m0/s1. The third-order valence-electron chi connectivity index (χ3n) is 3.49. The van der Waals surface area contributed by atoms with Gasteiger partial charge in [-0.3, -0.25) is 4.79 Å². The van der Waals surface area contributed by atoms with E-state index in [9.17, 15) is 4.79 Å². The molecule has 2 N–H and O–H groups in total. The number of hydrogen-bond donors (Lipinski definition) is 2. The molecule has 1 heterocycles. The highest BCUT2D eigenvalue weighted by molar-refractivity contribution is 5.83. The topological polar surface area (TPSA) is 41.1 Å². The van der Waals surface area contributed by atoms with E-state index < -0.39 is 0 Å². The molecule has 2 atom stereocenters. The molecular weight excluding hydrogens is 236 g/mol. The summed E-state index contributed by atoms with van der Waals surface area (Å²) in [7, 11) is 0. The van der Waals surface area contributed by atoms with Crippen molar-refractivity contribution < 1.29 is 4.79 Å². The molecule has 0 saturated heterocycles. The van der Waals surface area contributed by atoms with Crippen molar-refractivity contribution >= 4 is 5.91 Å². The number of carbonyl (C=O) groups is 1. The third kappa shape index (κ3) is 3.36. The van der Waals surface area contributed by atoms with Gasteiger partial charge >= 0.3 is 0 Å². The fraction of sp³-hybridized carbons (Fsp3) is 0.438. The molecule has 1 aliphatic rings. The summed E-state index contributed by atoms with van der Waals surface area (Å²) in [5, 5.41) is 6.20. The van der Waals surface area contributed by atoms with E-state index in [4.69, 9.17) is 6.42 Å². The zero-order chi connectivity index (χ0) is 13.7. The summed E-state index contributed by atoms with van der Waals surface area (Å²) in [5.41, 5.74) is 2.52. The molecule has 1 amide bonds. The molecular formula is C16H20N2O. The van der Waals surface area contributed by atoms with E-state index in [1.54, 1.807) is 0 Å². The minimum Gasteiger partial charge on any atom is -0.341 e. The Hall–Kier alpha value is -1.79. The Morgan fingerprint density at radius 2 is 2.26 bits per heavy atom. The van der Waals surface area contributed by atoms with Gasteiger partial charge in [0.1, 0.15) is 0 Å². The lowest BCUT2D eigenvalue weighted by molar-refractivity contribution is -0.123. The normalized spacial score (nSPS) is 19.1. The van der Waals surface area contributed by atoms with E-state index in [2.05, 4.69) is 35.6 Å². The Bertz CT molecular complexity index is 490. The zero-order valence-corrected chi connectivity index (χ0v) is 11.3. The molecule has 0 bridgehead atoms. The lowest BCUT2D eigenvalue weighted by Gasteiger charge is -2.26. The molecule has 3 heteroatoms. The molecule has 100 valence electrons. The maximum atomic E-state index is 12.2. The molecule has 0 spiro atoms. The van der Waals surface area contributed by atoms with Crippen LogP contribution in [0.25, 0.3) is 0 Å². The van der Waals surface area contributed by atoms with Crippen LogP contribution in [0.2, 0.25) is 0 Å². The largest absolute Gasteiger partial charge is 0.341 e. The first-order chi connectivity index (χ1) is 9.24. The summed E-state index contributed by atoms with van der Waals surface area (Å²) in [5.74, 6) is 2.64. The lowest BCUT2D eigenvalue weighted by atomic mass is 9.95. The van der Waals surface area contributed by atoms with E-state index in [0.717, 1.165) is 25.8 Å². The van der Waals surface area contributed by atoms with E-state index in [1.807, 2.05) is 12.1 Å². The molecule has 1 aromatic rings. The Labute approximate surface area is 114 Å². The van der Waals surface area contributed by atoms with Crippen LogP contribution in [0, 0.1) is 12.3 Å². The van der Waals surface area contributed by atoms with Gasteiger partial charge in [0.05, 0.1) is 12.1 Å². The number of amides is 1. The molecule has 2 rings (SSSR count). The minimum absolute atomic E-state index is 0.00547. The summed E-state index contributed by atoms with van der Waals surface area (Å²) >= 11 is 0. The number of hydrogen-bond acceptors (Lipinski definition) is 2. The van der Waals surface area contributed by atoms with Gasteiger partial charge in [0.15, 0.2) is 0 Å². The molecule has 3 nitrogen and oxygen atoms in total. The fourth-order valence-corrected chi connectivity index (χ4v) is 2.40. The Morgan fingerprint density at radius 3 is 2.95 bits per heavy atom. The predicted molar refractivity (Wildman–Crippen MR) is 76.4 cm³/mol. The van der Waals surface area contributed by atoms with Gasteiger partial charge in [-0.15, -0.1) is 6.42 Å². The average Bonchev–Trinajstić information content (AvgIpc) is 2.46. The van der Waals surface area contributed by atoms with Crippen LogP contribution in [-0.4, -0.2) is 18.0 Å². The second-order valence-corrected chi connectivity index (χ2v) is 4.92. The second kappa shape index (κ2) is 6.40. The molecule has 1 aliphatic heterocycles. The Kier molecular flexibility index (Phi) is 4.59. The maximum Gasteiger partial charge on any atom is 0.238 e. The number of nitrogens with one attached hydrogen (secondary N) is 2. The van der Waals surface area contributed by atoms with Crippen LogP contribution in [0.4, 0.5) is 0 Å². The van der Waals surface area contributed by atoms with E-state index >= 15 is 0 Å². The van der Waals surface area contributed by atoms with Crippen molar-refractivity contribution in [2.45, 2.75) is 44.8 Å². The van der Waals surface area contributed by atoms with E-state index in [-0.39, 0.29) is 18.0 Å². The molecule has 0 saturated carbocycles. The van der Waals surface area contributed by atoms with Crippen molar-refractivity contribution in [2.75, 3.05) is 0 Å². The van der Waals surface area contributed by atoms with Crippen molar-refractivity contribution in [3.63, 3.8) is 0 Å². The van der Waals surface area contributed by atoms with Crippen LogP contribution in [0.15, 0.2) is 24.3 Å². The van der Waals surface area contributed by atoms with Crippen molar-refractivity contribution in [1.82, 2.24) is 10.6 Å². The van der Waals surface area contributed by atoms with Crippen molar-refractivity contribution in [3.05, 3.63) is 35.4 Å². The second-order valence-electron chi connectivity index (χ2n) is 4.92. The van der Waals surface area contributed by atoms with Crippen LogP contribution in [0.3, 0.4) is 0 Å². The summed E-state index contributed by atoms with van der Waals surface area (Å²) in [4.78, 5) is 12.2. The first-order valence-electron chi connectivity index (χ1n) is 6.81. The Morgan fingerprint density at radius 1 is 1.53 bits per heavy atom. The van der Waals surface area contributed by atoms with Gasteiger partial charge < -0.3 is 10.6 Å². The lowest BCUT2D eigenvalue weighted by Crippen LogP contribution is -2.50. The number of terminal acetylenes is 1. The molecule has 1 aromatic carbocycles. The monoisotopic (exact) mass is 256 g/mol. The maximum absolute atomic E-state index is 12.2. The molecule has 0 aliphatic carbocycles. The van der Waals surface area contributed by atoms with Gasteiger partial charge in [-0.1, -0.05) is 43.5 Å². The Balaban J connectivity index is 1.97. The van der Waals surface area contributed by atoms with Gasteiger partial charge in [0.2, 0.25) is 5.91 Å². The van der Waals surface area contributed by atoms with Crippen LogP contribution < -0.4 is 10.6 Å². The van der Waals surface area contributed by atoms with Crippen LogP contribution in [0.1, 0.15) is 30.9 Å². The van der Waals surface area contributed by atoms with Crippen LogP contribution in [0.5, 0.6) is 0 Å². The van der Waals surface area contributed by atoms with Crippen LogP contribution in [-0.2, 0) is 17.8 Å². The van der Waals surface area contributed by atoms with Gasteiger partial charge in [-0.05, 0) is 24.0 Å². The smallest absolute Gasteiger partial charge is 0.238 e. The van der Waals surface area contributed by atoms with Crippen LogP contribution >= 0.6 is 0 Å². The highest BCUT2D eigenvalue weighted by Gasteiger charge is 2.24. The van der Waals surface area contributed by atoms with Crippen molar-refractivity contribution in [3.8, 4) is 12.3 Å². The van der Waals surface area contributed by atoms with Gasteiger partial charge in [0, 0.05) is 6.54 Å². The number of rotatable bonds is 4. The molecule has 0 fully saturated rings. The highest BCUT2D eigenvalue weighted by Crippen LogP contribution is 2.16. The van der Waals surface area contributed by atoms with Crippen molar-refractivity contribution in [2.24, 2.45) is 0 Å². The highest BCUT2D eigenvalue weighted by atomic mass is 16.2. The molecule has 0 radical (unpaired) electrons. The molecule has 1 unspecified atom stereocenters. The SMILES string of the molecule is C#CC(CCC)NC(=O)[C@@H]1Cc2ccccc2CN1. The first kappa shape index (κ1) is 13.6. The zero-order valence-electron chi connectivity index (χ0n) is 11.3. The van der Waals surface area contributed by atoms with E-state index in [1.165, 1.54) is 11.1 Å². The van der Waals surface area contributed by atoms with E-state index in [0.29, 0.717) is 0 Å². The number of fused-ring (bicyclic) bond motifs is 1. The summed E-state index contributed by atoms with van der Waals surface area (Å²) in [6, 6.07) is 7.88. The fourth-order valence-electron chi connectivity index (χ4n) is 2.40. The number of benzene rings is 1. The summed E-state index contributed by atoms with van der Waals surface area (Å²) < 4.78 is 0.